The molecule has 0 radical (unpaired) electrons. The Morgan fingerprint density at radius 3 is 2.42 bits per heavy atom. The molecule has 19 heavy (non-hydrogen) atoms. The first-order valence-electron chi connectivity index (χ1n) is 5.96. The maximum Gasteiger partial charge on any atom is 0.191 e. The largest absolute Gasteiger partial charge is 0.331 e. The van der Waals surface area contributed by atoms with Crippen molar-refractivity contribution in [1.82, 2.24) is 5.43 Å². The van der Waals surface area contributed by atoms with E-state index in [4.69, 9.17) is 12.2 Å². The van der Waals surface area contributed by atoms with Gasteiger partial charge in [0.25, 0.3) is 0 Å². The summed E-state index contributed by atoms with van der Waals surface area (Å²) in [6.45, 7) is 2.05. The number of anilines is 1. The van der Waals surface area contributed by atoms with E-state index >= 15 is 0 Å². The topological polar surface area (TPSA) is 36.4 Å². The average molecular weight is 269 g/mol. The first kappa shape index (κ1) is 13.2. The Labute approximate surface area is 118 Å². The molecule has 0 unspecified atom stereocenters. The van der Waals surface area contributed by atoms with E-state index in [1.54, 1.807) is 6.21 Å². The maximum atomic E-state index is 5.15. The second-order valence-corrected chi connectivity index (χ2v) is 4.51. The van der Waals surface area contributed by atoms with Crippen LogP contribution in [-0.4, -0.2) is 11.3 Å². The van der Waals surface area contributed by atoms with Crippen LogP contribution in [0.5, 0.6) is 0 Å². The summed E-state index contributed by atoms with van der Waals surface area (Å²) < 4.78 is 0. The van der Waals surface area contributed by atoms with E-state index in [0.717, 1.165) is 11.3 Å². The minimum atomic E-state index is 0.469. The highest BCUT2D eigenvalue weighted by Gasteiger charge is 1.95. The molecule has 0 aromatic heterocycles. The minimum absolute atomic E-state index is 0.469. The summed E-state index contributed by atoms with van der Waals surface area (Å²) in [6, 6.07) is 17.8. The molecule has 0 aliphatic rings. The first-order valence-corrected chi connectivity index (χ1v) is 6.36. The van der Waals surface area contributed by atoms with Crippen LogP contribution in [0.1, 0.15) is 11.1 Å². The van der Waals surface area contributed by atoms with Crippen molar-refractivity contribution < 1.29 is 0 Å². The molecule has 96 valence electrons. The predicted octanol–water partition coefficient (Wildman–Crippen LogP) is 3.32. The number of benzene rings is 2. The van der Waals surface area contributed by atoms with Crippen LogP contribution in [0, 0.1) is 6.92 Å². The Bertz CT molecular complexity index is 562. The van der Waals surface area contributed by atoms with Crippen molar-refractivity contribution in [3.63, 3.8) is 0 Å². The lowest BCUT2D eigenvalue weighted by Crippen LogP contribution is -2.23. The molecule has 0 aliphatic carbocycles. The van der Waals surface area contributed by atoms with Crippen molar-refractivity contribution >= 4 is 29.2 Å². The zero-order chi connectivity index (χ0) is 13.5. The zero-order valence-electron chi connectivity index (χ0n) is 10.6. The van der Waals surface area contributed by atoms with Crippen molar-refractivity contribution in [1.29, 1.82) is 0 Å². The second kappa shape index (κ2) is 6.66. The van der Waals surface area contributed by atoms with Gasteiger partial charge in [-0.3, -0.25) is 5.43 Å². The Balaban J connectivity index is 1.85. The second-order valence-electron chi connectivity index (χ2n) is 4.10. The van der Waals surface area contributed by atoms with Crippen LogP contribution in [0.4, 0.5) is 5.69 Å². The van der Waals surface area contributed by atoms with E-state index in [-0.39, 0.29) is 0 Å². The van der Waals surface area contributed by atoms with Gasteiger partial charge in [-0.25, -0.2) is 0 Å². The lowest BCUT2D eigenvalue weighted by atomic mass is 10.2. The molecular formula is C15H15N3S. The molecule has 0 aliphatic heterocycles. The van der Waals surface area contributed by atoms with Gasteiger partial charge in [0.15, 0.2) is 5.11 Å². The average Bonchev–Trinajstić information content (AvgIpc) is 2.43. The SMILES string of the molecule is Cc1ccc(NC(=S)NN=Cc2ccccc2)cc1. The van der Waals surface area contributed by atoms with Gasteiger partial charge in [-0.05, 0) is 36.8 Å². The van der Waals surface area contributed by atoms with Crippen LogP contribution in [0.25, 0.3) is 0 Å². The minimum Gasteiger partial charge on any atom is -0.331 e. The standard InChI is InChI=1S/C15H15N3S/c1-12-7-9-14(10-8-12)17-15(19)18-16-11-13-5-3-2-4-6-13/h2-11H,1H3,(H2,17,18,19). The van der Waals surface area contributed by atoms with Crippen molar-refractivity contribution in [2.45, 2.75) is 6.92 Å². The number of rotatable bonds is 3. The third-order valence-electron chi connectivity index (χ3n) is 2.49. The summed E-state index contributed by atoms with van der Waals surface area (Å²) in [5.74, 6) is 0. The predicted molar refractivity (Wildman–Crippen MR) is 84.6 cm³/mol. The fourth-order valence-corrected chi connectivity index (χ4v) is 1.67. The van der Waals surface area contributed by atoms with Crippen molar-refractivity contribution in [2.24, 2.45) is 5.10 Å². The summed E-state index contributed by atoms with van der Waals surface area (Å²) in [7, 11) is 0. The third kappa shape index (κ3) is 4.52. The van der Waals surface area contributed by atoms with E-state index in [2.05, 4.69) is 15.8 Å². The monoisotopic (exact) mass is 269 g/mol. The van der Waals surface area contributed by atoms with Crippen LogP contribution in [0.3, 0.4) is 0 Å². The highest BCUT2D eigenvalue weighted by molar-refractivity contribution is 7.80. The molecule has 0 fully saturated rings. The lowest BCUT2D eigenvalue weighted by Gasteiger charge is -2.06. The molecule has 0 bridgehead atoms. The van der Waals surface area contributed by atoms with E-state index in [9.17, 15) is 0 Å². The molecule has 3 nitrogen and oxygen atoms in total. The van der Waals surface area contributed by atoms with Crippen molar-refractivity contribution in [3.05, 3.63) is 65.7 Å². The number of aryl methyl sites for hydroxylation is 1. The number of thiocarbonyl (C=S) groups is 1. The molecule has 0 atom stereocenters. The molecule has 0 saturated heterocycles. The number of hydrogen-bond donors (Lipinski definition) is 2. The summed E-state index contributed by atoms with van der Waals surface area (Å²) in [5.41, 5.74) is 5.96. The Morgan fingerprint density at radius 1 is 1.05 bits per heavy atom. The quantitative estimate of drug-likeness (QED) is 0.510. The highest BCUT2D eigenvalue weighted by atomic mass is 32.1. The van der Waals surface area contributed by atoms with Crippen molar-refractivity contribution in [3.8, 4) is 0 Å². The number of nitrogens with one attached hydrogen (secondary N) is 2. The van der Waals surface area contributed by atoms with Crippen LogP contribution in [-0.2, 0) is 0 Å². The normalized spacial score (nSPS) is 10.4. The van der Waals surface area contributed by atoms with Gasteiger partial charge in [-0.2, -0.15) is 5.10 Å². The van der Waals surface area contributed by atoms with Crippen LogP contribution < -0.4 is 10.7 Å². The highest BCUT2D eigenvalue weighted by Crippen LogP contribution is 2.08. The molecule has 2 rings (SSSR count). The van der Waals surface area contributed by atoms with Crippen molar-refractivity contribution in [2.75, 3.05) is 5.32 Å². The van der Waals surface area contributed by atoms with Gasteiger partial charge < -0.3 is 5.32 Å². The van der Waals surface area contributed by atoms with Crippen LogP contribution >= 0.6 is 12.2 Å². The molecule has 0 heterocycles. The summed E-state index contributed by atoms with van der Waals surface area (Å²) >= 11 is 5.15. The van der Waals surface area contributed by atoms with Crippen LogP contribution in [0.15, 0.2) is 59.7 Å². The Hall–Kier alpha value is -2.20. The first-order chi connectivity index (χ1) is 9.24. The Kier molecular flexibility index (Phi) is 4.64. The zero-order valence-corrected chi connectivity index (χ0v) is 11.4. The fourth-order valence-electron chi connectivity index (χ4n) is 1.50. The number of nitrogens with zero attached hydrogens (tertiary/aromatic N) is 1. The number of hydrogen-bond acceptors (Lipinski definition) is 2. The fraction of sp³-hybridized carbons (Fsp3) is 0.0667. The molecule has 2 aromatic carbocycles. The number of hydrazone groups is 1. The lowest BCUT2D eigenvalue weighted by molar-refractivity contribution is 1.05. The van der Waals surface area contributed by atoms with Gasteiger partial charge in [-0.1, -0.05) is 48.0 Å². The van der Waals surface area contributed by atoms with E-state index < -0.39 is 0 Å². The van der Waals surface area contributed by atoms with Gasteiger partial charge >= 0.3 is 0 Å². The molecule has 0 spiro atoms. The van der Waals surface area contributed by atoms with Crippen LogP contribution in [0.2, 0.25) is 0 Å². The van der Waals surface area contributed by atoms with Gasteiger partial charge in [0.2, 0.25) is 0 Å². The summed E-state index contributed by atoms with van der Waals surface area (Å²) in [5, 5.41) is 7.61. The molecule has 4 heteroatoms. The molecule has 2 N–H and O–H groups in total. The Morgan fingerprint density at radius 2 is 1.74 bits per heavy atom. The van der Waals surface area contributed by atoms with Gasteiger partial charge in [0, 0.05) is 5.69 Å². The smallest absolute Gasteiger partial charge is 0.191 e. The molecule has 0 amide bonds. The van der Waals surface area contributed by atoms with E-state index in [1.165, 1.54) is 5.56 Å². The molecule has 2 aromatic rings. The van der Waals surface area contributed by atoms with E-state index in [0.29, 0.717) is 5.11 Å². The molecule has 0 saturated carbocycles. The molecular weight excluding hydrogens is 254 g/mol. The van der Waals surface area contributed by atoms with Gasteiger partial charge in [0.1, 0.15) is 0 Å². The van der Waals surface area contributed by atoms with E-state index in [1.807, 2.05) is 61.5 Å². The third-order valence-corrected chi connectivity index (χ3v) is 2.68. The summed E-state index contributed by atoms with van der Waals surface area (Å²) in [6.07, 6.45) is 1.73. The van der Waals surface area contributed by atoms with Gasteiger partial charge in [0.05, 0.1) is 6.21 Å². The maximum absolute atomic E-state index is 5.15. The summed E-state index contributed by atoms with van der Waals surface area (Å²) in [4.78, 5) is 0. The van der Waals surface area contributed by atoms with Gasteiger partial charge in [-0.15, -0.1) is 0 Å².